The average molecular weight is 315 g/mol. The first-order chi connectivity index (χ1) is 9.93. The number of alkyl halides is 4. The van der Waals surface area contributed by atoms with Crippen molar-refractivity contribution in [3.05, 3.63) is 65.2 Å². The lowest BCUT2D eigenvalue weighted by atomic mass is 10.0. The van der Waals surface area contributed by atoms with Gasteiger partial charge in [-0.3, -0.25) is 0 Å². The van der Waals surface area contributed by atoms with E-state index in [0.717, 1.165) is 11.6 Å². The first-order valence-electron chi connectivity index (χ1n) is 6.46. The van der Waals surface area contributed by atoms with Crippen LogP contribution in [0.4, 0.5) is 13.2 Å². The van der Waals surface area contributed by atoms with Gasteiger partial charge in [-0.15, -0.1) is 11.6 Å². The lowest BCUT2D eigenvalue weighted by Gasteiger charge is -2.17. The molecule has 1 nitrogen and oxygen atoms in total. The predicted octanol–water partition coefficient (Wildman–Crippen LogP) is 5.43. The molecular weight excluding hydrogens is 301 g/mol. The average Bonchev–Trinajstić information content (AvgIpc) is 2.47. The fourth-order valence-electron chi connectivity index (χ4n) is 2.02. The maximum atomic E-state index is 13.1. The van der Waals surface area contributed by atoms with Crippen LogP contribution in [-0.2, 0) is 6.18 Å². The lowest BCUT2D eigenvalue weighted by molar-refractivity contribution is -0.138. The number of ether oxygens (including phenoxy) is 1. The van der Waals surface area contributed by atoms with Gasteiger partial charge in [-0.05, 0) is 30.2 Å². The summed E-state index contributed by atoms with van der Waals surface area (Å²) in [6, 6.07) is 12.9. The molecule has 0 aliphatic heterocycles. The Kier molecular flexibility index (Phi) is 4.78. The topological polar surface area (TPSA) is 9.23 Å². The minimum atomic E-state index is -4.48. The van der Waals surface area contributed by atoms with Crippen LogP contribution in [0.3, 0.4) is 0 Å². The third kappa shape index (κ3) is 3.70. The van der Waals surface area contributed by atoms with Gasteiger partial charge in [0, 0.05) is 0 Å². The van der Waals surface area contributed by atoms with E-state index in [9.17, 15) is 13.2 Å². The summed E-state index contributed by atoms with van der Waals surface area (Å²) < 4.78 is 44.3. The molecule has 0 aliphatic rings. The fraction of sp³-hybridized carbons (Fsp3) is 0.250. The minimum Gasteiger partial charge on any atom is -0.493 e. The Morgan fingerprint density at radius 1 is 1.05 bits per heavy atom. The maximum absolute atomic E-state index is 13.1. The molecule has 2 aromatic rings. The van der Waals surface area contributed by atoms with E-state index in [1.165, 1.54) is 6.07 Å². The highest BCUT2D eigenvalue weighted by atomic mass is 35.5. The number of benzene rings is 2. The van der Waals surface area contributed by atoms with E-state index in [1.54, 1.807) is 37.3 Å². The molecule has 1 atom stereocenters. The lowest BCUT2D eigenvalue weighted by Crippen LogP contribution is -2.10. The van der Waals surface area contributed by atoms with Crippen molar-refractivity contribution in [3.63, 3.8) is 0 Å². The van der Waals surface area contributed by atoms with Crippen LogP contribution in [0.15, 0.2) is 48.5 Å². The zero-order chi connectivity index (χ0) is 15.5. The second kappa shape index (κ2) is 6.39. The van der Waals surface area contributed by atoms with Crippen LogP contribution < -0.4 is 4.74 Å². The molecule has 0 aromatic heterocycles. The molecule has 112 valence electrons. The summed E-state index contributed by atoms with van der Waals surface area (Å²) in [5, 5.41) is -0.636. The molecule has 0 fully saturated rings. The molecule has 0 bridgehead atoms. The first kappa shape index (κ1) is 15.7. The SMILES string of the molecule is CCOc1ccc(C(Cl)c2ccccc2)cc1C(F)(F)F. The summed E-state index contributed by atoms with van der Waals surface area (Å²) in [6.07, 6.45) is -4.48. The van der Waals surface area contributed by atoms with E-state index < -0.39 is 17.1 Å². The van der Waals surface area contributed by atoms with Gasteiger partial charge in [-0.1, -0.05) is 36.4 Å². The van der Waals surface area contributed by atoms with Gasteiger partial charge in [0.25, 0.3) is 0 Å². The summed E-state index contributed by atoms with van der Waals surface area (Å²) in [6.45, 7) is 1.81. The second-order valence-corrected chi connectivity index (χ2v) is 4.90. The van der Waals surface area contributed by atoms with Crippen molar-refractivity contribution >= 4 is 11.6 Å². The molecule has 21 heavy (non-hydrogen) atoms. The van der Waals surface area contributed by atoms with Gasteiger partial charge in [-0.2, -0.15) is 13.2 Å². The van der Waals surface area contributed by atoms with Crippen LogP contribution in [-0.4, -0.2) is 6.61 Å². The molecule has 0 saturated carbocycles. The Morgan fingerprint density at radius 2 is 1.71 bits per heavy atom. The monoisotopic (exact) mass is 314 g/mol. The van der Waals surface area contributed by atoms with Crippen molar-refractivity contribution in [2.45, 2.75) is 18.5 Å². The van der Waals surface area contributed by atoms with Gasteiger partial charge in [0.2, 0.25) is 0 Å². The Bertz CT molecular complexity index is 596. The molecule has 0 N–H and O–H groups in total. The van der Waals surface area contributed by atoms with Crippen molar-refractivity contribution in [1.82, 2.24) is 0 Å². The van der Waals surface area contributed by atoms with Gasteiger partial charge >= 0.3 is 6.18 Å². The zero-order valence-corrected chi connectivity index (χ0v) is 12.1. The highest BCUT2D eigenvalue weighted by molar-refractivity contribution is 6.22. The van der Waals surface area contributed by atoms with E-state index in [4.69, 9.17) is 16.3 Å². The molecule has 0 heterocycles. The maximum Gasteiger partial charge on any atom is 0.419 e. The molecule has 2 rings (SSSR count). The van der Waals surface area contributed by atoms with Gasteiger partial charge in [0.05, 0.1) is 17.5 Å². The molecule has 0 aliphatic carbocycles. The molecule has 0 spiro atoms. The van der Waals surface area contributed by atoms with Crippen molar-refractivity contribution < 1.29 is 17.9 Å². The van der Waals surface area contributed by atoms with Crippen molar-refractivity contribution in [2.75, 3.05) is 6.61 Å². The summed E-state index contributed by atoms with van der Waals surface area (Å²) in [5.74, 6) is -0.175. The van der Waals surface area contributed by atoms with E-state index in [2.05, 4.69) is 0 Å². The number of halogens is 4. The van der Waals surface area contributed by atoms with Gasteiger partial charge in [0.1, 0.15) is 5.75 Å². The Hall–Kier alpha value is -1.68. The van der Waals surface area contributed by atoms with Gasteiger partial charge < -0.3 is 4.74 Å². The normalized spacial score (nSPS) is 13.0. The van der Waals surface area contributed by atoms with E-state index in [-0.39, 0.29) is 12.4 Å². The van der Waals surface area contributed by atoms with Crippen LogP contribution in [0.25, 0.3) is 0 Å². The molecule has 0 radical (unpaired) electrons. The number of rotatable bonds is 4. The predicted molar refractivity (Wildman–Crippen MR) is 76.8 cm³/mol. The summed E-state index contributed by atoms with van der Waals surface area (Å²) >= 11 is 6.27. The fourth-order valence-corrected chi connectivity index (χ4v) is 2.30. The van der Waals surface area contributed by atoms with Crippen LogP contribution in [0, 0.1) is 0 Å². The Morgan fingerprint density at radius 3 is 2.29 bits per heavy atom. The molecular formula is C16H14ClF3O. The third-order valence-corrected chi connectivity index (χ3v) is 3.50. The quantitative estimate of drug-likeness (QED) is 0.683. The van der Waals surface area contributed by atoms with Crippen LogP contribution in [0.2, 0.25) is 0 Å². The van der Waals surface area contributed by atoms with E-state index in [0.29, 0.717) is 5.56 Å². The Balaban J connectivity index is 2.42. The van der Waals surface area contributed by atoms with Gasteiger partial charge in [-0.25, -0.2) is 0 Å². The highest BCUT2D eigenvalue weighted by Gasteiger charge is 2.35. The Labute approximate surface area is 126 Å². The van der Waals surface area contributed by atoms with Crippen molar-refractivity contribution in [1.29, 1.82) is 0 Å². The summed E-state index contributed by atoms with van der Waals surface area (Å²) in [4.78, 5) is 0. The van der Waals surface area contributed by atoms with E-state index >= 15 is 0 Å². The molecule has 1 unspecified atom stereocenters. The van der Waals surface area contributed by atoms with Gasteiger partial charge in [0.15, 0.2) is 0 Å². The highest BCUT2D eigenvalue weighted by Crippen LogP contribution is 2.39. The largest absolute Gasteiger partial charge is 0.493 e. The number of hydrogen-bond donors (Lipinski definition) is 0. The molecule has 0 saturated heterocycles. The van der Waals surface area contributed by atoms with Crippen molar-refractivity contribution in [3.8, 4) is 5.75 Å². The molecule has 5 heteroatoms. The van der Waals surface area contributed by atoms with Crippen molar-refractivity contribution in [2.24, 2.45) is 0 Å². The summed E-state index contributed by atoms with van der Waals surface area (Å²) in [7, 11) is 0. The minimum absolute atomic E-state index is 0.172. The third-order valence-electron chi connectivity index (χ3n) is 2.99. The number of hydrogen-bond acceptors (Lipinski definition) is 1. The second-order valence-electron chi connectivity index (χ2n) is 4.46. The van der Waals surface area contributed by atoms with Crippen LogP contribution in [0.1, 0.15) is 29.0 Å². The molecule has 2 aromatic carbocycles. The summed E-state index contributed by atoms with van der Waals surface area (Å²) in [5.41, 5.74) is 0.332. The standard InChI is InChI=1S/C16H14ClF3O/c1-2-21-14-9-8-12(10-13(14)16(18,19)20)15(17)11-6-4-3-5-7-11/h3-10,15H,2H2,1H3. The van der Waals surface area contributed by atoms with E-state index in [1.807, 2.05) is 6.07 Å². The molecule has 0 amide bonds. The van der Waals surface area contributed by atoms with Crippen LogP contribution >= 0.6 is 11.6 Å². The van der Waals surface area contributed by atoms with Crippen LogP contribution in [0.5, 0.6) is 5.75 Å². The first-order valence-corrected chi connectivity index (χ1v) is 6.90. The zero-order valence-electron chi connectivity index (χ0n) is 11.3. The smallest absolute Gasteiger partial charge is 0.419 e.